The van der Waals surface area contributed by atoms with Gasteiger partial charge in [0.05, 0.1) is 0 Å². The standard InChI is InChI=1S/C15H15O3/c1-11-9-15(18-12(11)2)10-17-14-5-3-13(4-6-14)7-8-16/h3-6,9H,7,10H2,1-2H3. The Hall–Kier alpha value is -2.03. The van der Waals surface area contributed by atoms with Crippen LogP contribution >= 0.6 is 0 Å². The van der Waals surface area contributed by atoms with E-state index in [1.54, 1.807) is 0 Å². The zero-order valence-corrected chi connectivity index (χ0v) is 10.5. The second-order valence-corrected chi connectivity index (χ2v) is 4.21. The first-order chi connectivity index (χ1) is 8.69. The number of carbonyl (C=O) groups excluding carboxylic acids is 1. The molecule has 0 saturated carbocycles. The summed E-state index contributed by atoms with van der Waals surface area (Å²) in [6.45, 7) is 4.35. The topological polar surface area (TPSA) is 39.4 Å². The van der Waals surface area contributed by atoms with Gasteiger partial charge in [-0.3, -0.25) is 4.79 Å². The number of benzene rings is 1. The Bertz CT molecular complexity index is 504. The van der Waals surface area contributed by atoms with Crippen LogP contribution < -0.4 is 4.74 Å². The van der Waals surface area contributed by atoms with Crippen LogP contribution in [-0.4, -0.2) is 6.29 Å². The summed E-state index contributed by atoms with van der Waals surface area (Å²) < 4.78 is 11.1. The first kappa shape index (κ1) is 12.4. The van der Waals surface area contributed by atoms with E-state index in [4.69, 9.17) is 9.15 Å². The molecule has 3 nitrogen and oxygen atoms in total. The van der Waals surface area contributed by atoms with Crippen molar-refractivity contribution in [2.24, 2.45) is 0 Å². The van der Waals surface area contributed by atoms with Crippen LogP contribution in [0.3, 0.4) is 0 Å². The van der Waals surface area contributed by atoms with Gasteiger partial charge in [0.2, 0.25) is 6.29 Å². The van der Waals surface area contributed by atoms with E-state index in [0.717, 1.165) is 28.4 Å². The summed E-state index contributed by atoms with van der Waals surface area (Å²) >= 11 is 0. The fourth-order valence-electron chi connectivity index (χ4n) is 1.66. The molecule has 93 valence electrons. The minimum absolute atomic E-state index is 0.316. The molecule has 2 rings (SSSR count). The summed E-state index contributed by atoms with van der Waals surface area (Å²) in [5.74, 6) is 2.50. The van der Waals surface area contributed by atoms with Gasteiger partial charge in [-0.1, -0.05) is 12.1 Å². The summed E-state index contributed by atoms with van der Waals surface area (Å²) in [4.78, 5) is 10.2. The second kappa shape index (κ2) is 5.54. The van der Waals surface area contributed by atoms with E-state index >= 15 is 0 Å². The Morgan fingerprint density at radius 1 is 1.22 bits per heavy atom. The molecule has 0 aliphatic heterocycles. The molecule has 1 heterocycles. The molecule has 0 saturated heterocycles. The third-order valence-corrected chi connectivity index (χ3v) is 2.80. The van der Waals surface area contributed by atoms with Gasteiger partial charge in [-0.2, -0.15) is 0 Å². The van der Waals surface area contributed by atoms with Crippen molar-refractivity contribution in [2.75, 3.05) is 0 Å². The number of hydrogen-bond donors (Lipinski definition) is 0. The number of furan rings is 1. The van der Waals surface area contributed by atoms with Gasteiger partial charge in [-0.05, 0) is 43.2 Å². The van der Waals surface area contributed by atoms with Gasteiger partial charge < -0.3 is 9.15 Å². The third kappa shape index (κ3) is 3.00. The van der Waals surface area contributed by atoms with Gasteiger partial charge in [0, 0.05) is 6.42 Å². The molecule has 0 bridgehead atoms. The summed E-state index contributed by atoms with van der Waals surface area (Å²) in [6.07, 6.45) is 2.18. The fourth-order valence-corrected chi connectivity index (χ4v) is 1.66. The molecule has 0 amide bonds. The van der Waals surface area contributed by atoms with Crippen molar-refractivity contribution in [2.45, 2.75) is 26.9 Å². The van der Waals surface area contributed by atoms with Crippen molar-refractivity contribution >= 4 is 6.29 Å². The van der Waals surface area contributed by atoms with Gasteiger partial charge in [0.1, 0.15) is 23.9 Å². The average Bonchev–Trinajstić information content (AvgIpc) is 2.68. The SMILES string of the molecule is Cc1cc(COc2ccc(C[C]=O)cc2)oc1C. The summed E-state index contributed by atoms with van der Waals surface area (Å²) in [5.41, 5.74) is 2.06. The van der Waals surface area contributed by atoms with Gasteiger partial charge in [0.25, 0.3) is 0 Å². The Balaban J connectivity index is 1.95. The largest absolute Gasteiger partial charge is 0.486 e. The molecule has 0 aliphatic rings. The van der Waals surface area contributed by atoms with Crippen molar-refractivity contribution in [1.29, 1.82) is 0 Å². The molecule has 0 spiro atoms. The highest BCUT2D eigenvalue weighted by Crippen LogP contribution is 2.17. The van der Waals surface area contributed by atoms with E-state index in [0.29, 0.717) is 13.0 Å². The molecule has 0 aliphatic carbocycles. The Morgan fingerprint density at radius 3 is 2.50 bits per heavy atom. The van der Waals surface area contributed by atoms with E-state index in [-0.39, 0.29) is 0 Å². The van der Waals surface area contributed by atoms with Gasteiger partial charge in [-0.15, -0.1) is 0 Å². The van der Waals surface area contributed by atoms with E-state index in [9.17, 15) is 4.79 Å². The molecule has 3 heteroatoms. The van der Waals surface area contributed by atoms with Crippen LogP contribution in [0.5, 0.6) is 5.75 Å². The lowest BCUT2D eigenvalue weighted by molar-refractivity contribution is 0.267. The van der Waals surface area contributed by atoms with Gasteiger partial charge in [0.15, 0.2) is 0 Å². The molecule has 1 aromatic heterocycles. The summed E-state index contributed by atoms with van der Waals surface area (Å²) in [6, 6.07) is 9.38. The third-order valence-electron chi connectivity index (χ3n) is 2.80. The van der Waals surface area contributed by atoms with E-state index < -0.39 is 0 Å². The van der Waals surface area contributed by atoms with Crippen molar-refractivity contribution < 1.29 is 13.9 Å². The second-order valence-electron chi connectivity index (χ2n) is 4.21. The molecule has 1 aromatic carbocycles. The Labute approximate surface area is 106 Å². The van der Waals surface area contributed by atoms with E-state index in [2.05, 4.69) is 0 Å². The molecule has 0 atom stereocenters. The summed E-state index contributed by atoms with van der Waals surface area (Å²) in [7, 11) is 0. The lowest BCUT2D eigenvalue weighted by Gasteiger charge is -2.04. The maximum atomic E-state index is 10.2. The molecule has 0 unspecified atom stereocenters. The molecule has 1 radical (unpaired) electrons. The highest BCUT2D eigenvalue weighted by atomic mass is 16.5. The van der Waals surface area contributed by atoms with Crippen LogP contribution in [0.1, 0.15) is 22.6 Å². The molecule has 18 heavy (non-hydrogen) atoms. The first-order valence-electron chi connectivity index (χ1n) is 5.81. The molecule has 0 fully saturated rings. The first-order valence-corrected chi connectivity index (χ1v) is 5.81. The predicted molar refractivity (Wildman–Crippen MR) is 68.4 cm³/mol. The fraction of sp³-hybridized carbons (Fsp3) is 0.267. The van der Waals surface area contributed by atoms with Crippen LogP contribution in [0.2, 0.25) is 0 Å². The van der Waals surface area contributed by atoms with E-state index in [1.807, 2.05) is 50.5 Å². The lowest BCUT2D eigenvalue weighted by Crippen LogP contribution is -1.94. The lowest BCUT2D eigenvalue weighted by atomic mass is 10.2. The normalized spacial score (nSPS) is 10.3. The quantitative estimate of drug-likeness (QED) is 0.810. The predicted octanol–water partition coefficient (Wildman–Crippen LogP) is 3.13. The maximum Gasteiger partial charge on any atom is 0.203 e. The summed E-state index contributed by atoms with van der Waals surface area (Å²) in [5, 5.41) is 0. The van der Waals surface area contributed by atoms with Crippen molar-refractivity contribution in [3.05, 3.63) is 53.0 Å². The minimum atomic E-state index is 0.316. The minimum Gasteiger partial charge on any atom is -0.486 e. The highest BCUT2D eigenvalue weighted by Gasteiger charge is 2.04. The van der Waals surface area contributed by atoms with Crippen LogP contribution in [-0.2, 0) is 17.8 Å². The number of aryl methyl sites for hydroxylation is 2. The molecular formula is C15H15O3. The number of rotatable bonds is 5. The average molecular weight is 243 g/mol. The van der Waals surface area contributed by atoms with Crippen LogP contribution in [0.4, 0.5) is 0 Å². The van der Waals surface area contributed by atoms with Crippen LogP contribution in [0, 0.1) is 13.8 Å². The zero-order valence-electron chi connectivity index (χ0n) is 10.5. The monoisotopic (exact) mass is 243 g/mol. The van der Waals surface area contributed by atoms with Crippen molar-refractivity contribution in [1.82, 2.24) is 0 Å². The highest BCUT2D eigenvalue weighted by molar-refractivity contribution is 5.55. The molecule has 2 aromatic rings. The zero-order chi connectivity index (χ0) is 13.0. The van der Waals surface area contributed by atoms with Crippen LogP contribution in [0.25, 0.3) is 0 Å². The molecular weight excluding hydrogens is 228 g/mol. The van der Waals surface area contributed by atoms with E-state index in [1.165, 1.54) is 0 Å². The number of ether oxygens (including phenoxy) is 1. The van der Waals surface area contributed by atoms with Crippen LogP contribution in [0.15, 0.2) is 34.7 Å². The van der Waals surface area contributed by atoms with Gasteiger partial charge in [-0.25, -0.2) is 0 Å². The maximum absolute atomic E-state index is 10.2. The Morgan fingerprint density at radius 2 is 1.94 bits per heavy atom. The van der Waals surface area contributed by atoms with Crippen molar-refractivity contribution in [3.8, 4) is 5.75 Å². The smallest absolute Gasteiger partial charge is 0.203 e. The number of hydrogen-bond acceptors (Lipinski definition) is 3. The van der Waals surface area contributed by atoms with Crippen molar-refractivity contribution in [3.63, 3.8) is 0 Å². The Kier molecular flexibility index (Phi) is 3.82. The molecule has 0 N–H and O–H groups in total. The van der Waals surface area contributed by atoms with Gasteiger partial charge >= 0.3 is 0 Å².